The first-order valence-electron chi connectivity index (χ1n) is 3.56. The minimum Gasteiger partial charge on any atom is -0.313 e. The van der Waals surface area contributed by atoms with Gasteiger partial charge in [0.15, 0.2) is 5.78 Å². The lowest BCUT2D eigenvalue weighted by atomic mass is 10.1. The molecule has 0 atom stereocenters. The van der Waals surface area contributed by atoms with Crippen LogP contribution < -0.4 is 16.1 Å². The molecule has 0 saturated carbocycles. The van der Waals surface area contributed by atoms with Gasteiger partial charge in [0.1, 0.15) is 0 Å². The maximum atomic E-state index is 11.1. The highest BCUT2D eigenvalue weighted by molar-refractivity contribution is 6.08. The average molecular weight is 162 g/mol. The maximum Gasteiger partial charge on any atom is 0.258 e. The molecule has 0 radical (unpaired) electrons. The molecule has 0 fully saturated rings. The number of rotatable bonds is 0. The summed E-state index contributed by atoms with van der Waals surface area (Å²) in [5.74, 6) is -0.0133. The van der Waals surface area contributed by atoms with E-state index in [1.165, 1.54) is 12.4 Å². The monoisotopic (exact) mass is 162 g/mol. The van der Waals surface area contributed by atoms with E-state index in [-0.39, 0.29) is 11.3 Å². The molecule has 0 aromatic carbocycles. The van der Waals surface area contributed by atoms with Crippen molar-refractivity contribution in [3.05, 3.63) is 27.2 Å². The lowest BCUT2D eigenvalue weighted by molar-refractivity contribution is -0.112. The van der Waals surface area contributed by atoms with E-state index in [4.69, 9.17) is 0 Å². The lowest BCUT2D eigenvalue weighted by Gasteiger charge is -1.95. The van der Waals surface area contributed by atoms with Crippen molar-refractivity contribution in [3.63, 3.8) is 0 Å². The minimum atomic E-state index is -0.191. The first-order chi connectivity index (χ1) is 5.77. The van der Waals surface area contributed by atoms with E-state index in [1.54, 1.807) is 6.08 Å². The fourth-order valence-electron chi connectivity index (χ4n) is 1.15. The van der Waals surface area contributed by atoms with Gasteiger partial charge in [0.2, 0.25) is 0 Å². The number of ketones is 1. The molecule has 1 aromatic rings. The Labute approximate surface area is 67.3 Å². The Morgan fingerprint density at radius 1 is 1.42 bits per heavy atom. The third-order valence-electron chi connectivity index (χ3n) is 1.72. The first kappa shape index (κ1) is 6.97. The molecule has 12 heavy (non-hydrogen) atoms. The van der Waals surface area contributed by atoms with Gasteiger partial charge in [-0.15, -0.1) is 0 Å². The second-order valence-electron chi connectivity index (χ2n) is 2.55. The van der Waals surface area contributed by atoms with Crippen LogP contribution in [-0.4, -0.2) is 15.8 Å². The quantitative estimate of drug-likeness (QED) is 0.494. The molecule has 0 aliphatic heterocycles. The Morgan fingerprint density at radius 2 is 2.25 bits per heavy atom. The highest BCUT2D eigenvalue weighted by Crippen LogP contribution is 1.86. The summed E-state index contributed by atoms with van der Waals surface area (Å²) in [6.45, 7) is 0. The Bertz CT molecular complexity index is 499. The summed E-state index contributed by atoms with van der Waals surface area (Å²) < 4.78 is 0. The number of nitrogens with zero attached hydrogens (tertiary/aromatic N) is 1. The van der Waals surface area contributed by atoms with Gasteiger partial charge in [0, 0.05) is 12.5 Å². The van der Waals surface area contributed by atoms with Crippen LogP contribution in [0.4, 0.5) is 0 Å². The summed E-state index contributed by atoms with van der Waals surface area (Å²) in [5.41, 5.74) is -0.191. The molecule has 0 saturated heterocycles. The van der Waals surface area contributed by atoms with Crippen LogP contribution in [0.2, 0.25) is 0 Å². The van der Waals surface area contributed by atoms with Gasteiger partial charge in [-0.25, -0.2) is 4.98 Å². The van der Waals surface area contributed by atoms with Gasteiger partial charge < -0.3 is 4.98 Å². The van der Waals surface area contributed by atoms with Crippen LogP contribution in [0.15, 0.2) is 11.1 Å². The number of aromatic amines is 1. The van der Waals surface area contributed by atoms with Crippen molar-refractivity contribution in [2.45, 2.75) is 6.42 Å². The van der Waals surface area contributed by atoms with E-state index in [1.807, 2.05) is 0 Å². The minimum absolute atomic E-state index is 0.0133. The van der Waals surface area contributed by atoms with E-state index < -0.39 is 0 Å². The Morgan fingerprint density at radius 3 is 3.08 bits per heavy atom. The zero-order chi connectivity index (χ0) is 8.55. The molecule has 1 aliphatic rings. The molecule has 0 unspecified atom stereocenters. The van der Waals surface area contributed by atoms with Gasteiger partial charge in [-0.3, -0.25) is 9.59 Å². The Kier molecular flexibility index (Phi) is 1.40. The van der Waals surface area contributed by atoms with Gasteiger partial charge in [0.25, 0.3) is 5.56 Å². The normalized spacial score (nSPS) is 14.5. The zero-order valence-corrected chi connectivity index (χ0v) is 6.20. The smallest absolute Gasteiger partial charge is 0.258 e. The highest BCUT2D eigenvalue weighted by atomic mass is 16.1. The third kappa shape index (κ3) is 0.972. The van der Waals surface area contributed by atoms with E-state index in [9.17, 15) is 9.59 Å². The summed E-state index contributed by atoms with van der Waals surface area (Å²) in [7, 11) is 0. The van der Waals surface area contributed by atoms with Crippen molar-refractivity contribution in [1.29, 1.82) is 0 Å². The van der Waals surface area contributed by atoms with Crippen LogP contribution in [0.1, 0.15) is 6.42 Å². The number of hydrogen-bond donors (Lipinski definition) is 1. The van der Waals surface area contributed by atoms with Crippen LogP contribution in [0, 0.1) is 0 Å². The number of carbonyl (C=O) groups is 1. The molecule has 0 bridgehead atoms. The predicted molar refractivity (Wildman–Crippen MR) is 42.7 cm³/mol. The van der Waals surface area contributed by atoms with E-state index in [0.29, 0.717) is 17.0 Å². The molecule has 1 N–H and O–H groups in total. The van der Waals surface area contributed by atoms with Crippen molar-refractivity contribution in [2.75, 3.05) is 0 Å². The van der Waals surface area contributed by atoms with Gasteiger partial charge >= 0.3 is 0 Å². The highest BCUT2D eigenvalue weighted by Gasteiger charge is 2.03. The number of carbonyl (C=O) groups excluding carboxylic acids is 1. The summed E-state index contributed by atoms with van der Waals surface area (Å²) in [4.78, 5) is 28.3. The van der Waals surface area contributed by atoms with Gasteiger partial charge in [-0.05, 0) is 0 Å². The number of Topliss-reactive ketones (excluding diaryl/α,β-unsaturated/α-hetero) is 1. The zero-order valence-electron chi connectivity index (χ0n) is 6.20. The fraction of sp³-hybridized carbons (Fsp3) is 0.125. The van der Waals surface area contributed by atoms with Crippen LogP contribution in [0.5, 0.6) is 0 Å². The second kappa shape index (κ2) is 2.41. The largest absolute Gasteiger partial charge is 0.313 e. The number of nitrogens with one attached hydrogen (secondary N) is 1. The fourth-order valence-corrected chi connectivity index (χ4v) is 1.15. The molecule has 0 spiro atoms. The molecule has 4 nitrogen and oxygen atoms in total. The molecule has 0 amide bonds. The molecule has 1 heterocycles. The van der Waals surface area contributed by atoms with E-state index in [0.717, 1.165) is 0 Å². The maximum absolute atomic E-state index is 11.1. The summed E-state index contributed by atoms with van der Waals surface area (Å²) in [5, 5.41) is 0.965. The summed E-state index contributed by atoms with van der Waals surface area (Å²) in [6.07, 6.45) is 4.58. The standard InChI is InChI=1S/C8H6N2O2/c11-5-1-2-6-7(3-5)9-4-10-8(6)12/h2-4H,1H2,(H,9,10,12). The van der Waals surface area contributed by atoms with Gasteiger partial charge in [0.05, 0.1) is 16.9 Å². The van der Waals surface area contributed by atoms with E-state index in [2.05, 4.69) is 9.97 Å². The molecule has 60 valence electrons. The van der Waals surface area contributed by atoms with Crippen LogP contribution >= 0.6 is 0 Å². The van der Waals surface area contributed by atoms with Crippen molar-refractivity contribution in [1.82, 2.24) is 9.97 Å². The Balaban J connectivity index is 2.97. The molecular formula is C8H6N2O2. The number of H-pyrrole nitrogens is 1. The SMILES string of the molecule is O=C1C=c2nc[nH]c(=O)c2=CC1. The number of aromatic nitrogens is 2. The number of fused-ring (bicyclic) bond motifs is 1. The van der Waals surface area contributed by atoms with Crippen molar-refractivity contribution >= 4 is 17.9 Å². The molecule has 2 rings (SSSR count). The Hall–Kier alpha value is -1.71. The van der Waals surface area contributed by atoms with Crippen molar-refractivity contribution in [3.8, 4) is 0 Å². The van der Waals surface area contributed by atoms with Crippen molar-refractivity contribution in [2.24, 2.45) is 0 Å². The predicted octanol–water partition coefficient (Wildman–Crippen LogP) is -1.70. The average Bonchev–Trinajstić information content (AvgIpc) is 2.04. The molecule has 1 aliphatic carbocycles. The van der Waals surface area contributed by atoms with Gasteiger partial charge in [-0.2, -0.15) is 0 Å². The third-order valence-corrected chi connectivity index (χ3v) is 1.72. The summed E-state index contributed by atoms with van der Waals surface area (Å²) in [6, 6.07) is 0. The van der Waals surface area contributed by atoms with Gasteiger partial charge in [-0.1, -0.05) is 6.08 Å². The van der Waals surface area contributed by atoms with Crippen LogP contribution in [-0.2, 0) is 4.79 Å². The molecule has 4 heteroatoms. The molecule has 1 aromatic heterocycles. The molecular weight excluding hydrogens is 156 g/mol. The first-order valence-corrected chi connectivity index (χ1v) is 3.56. The van der Waals surface area contributed by atoms with Crippen LogP contribution in [0.3, 0.4) is 0 Å². The van der Waals surface area contributed by atoms with Crippen LogP contribution in [0.25, 0.3) is 12.2 Å². The van der Waals surface area contributed by atoms with E-state index >= 15 is 0 Å². The second-order valence-corrected chi connectivity index (χ2v) is 2.55. The summed E-state index contributed by atoms with van der Waals surface area (Å²) >= 11 is 0. The number of hydrogen-bond acceptors (Lipinski definition) is 3. The lowest BCUT2D eigenvalue weighted by Crippen LogP contribution is -2.44. The topological polar surface area (TPSA) is 62.8 Å². The van der Waals surface area contributed by atoms with Crippen molar-refractivity contribution < 1.29 is 4.79 Å².